The molecule has 1 heterocycles. The molecule has 0 bridgehead atoms. The summed E-state index contributed by atoms with van der Waals surface area (Å²) in [6.07, 6.45) is 6.02. The molecule has 0 radical (unpaired) electrons. The predicted octanol–water partition coefficient (Wildman–Crippen LogP) is 6.51. The van der Waals surface area contributed by atoms with Gasteiger partial charge in [0.1, 0.15) is 0 Å². The molecule has 2 unspecified atom stereocenters. The van der Waals surface area contributed by atoms with Crippen molar-refractivity contribution in [3.05, 3.63) is 78.2 Å². The van der Waals surface area contributed by atoms with Crippen LogP contribution < -0.4 is 0 Å². The van der Waals surface area contributed by atoms with E-state index in [2.05, 4.69) is 57.5 Å². The Bertz CT molecular complexity index is 1110. The second-order valence-corrected chi connectivity index (χ2v) is 7.90. The Morgan fingerprint density at radius 1 is 1.00 bits per heavy atom. The number of aromatic nitrogens is 1. The minimum Gasteiger partial charge on any atom is -0.242 e. The molecule has 1 aliphatic rings. The Labute approximate surface area is 157 Å². The van der Waals surface area contributed by atoms with Crippen molar-refractivity contribution < 1.29 is 8.76 Å². The molecule has 130 valence electrons. The maximum Gasteiger partial charge on any atom is 0.720 e. The molecule has 0 amide bonds. The average molecular weight is 383 g/mol. The van der Waals surface area contributed by atoms with Gasteiger partial charge in [0.05, 0.1) is 6.20 Å². The molecule has 5 rings (SSSR count). The summed E-state index contributed by atoms with van der Waals surface area (Å²) in [4.78, 5) is 0. The zero-order valence-electron chi connectivity index (χ0n) is 14.1. The summed E-state index contributed by atoms with van der Waals surface area (Å²) in [5.74, 6) is 0. The van der Waals surface area contributed by atoms with Gasteiger partial charge < -0.3 is 0 Å². The lowest BCUT2D eigenvalue weighted by Crippen LogP contribution is -2.14. The Morgan fingerprint density at radius 2 is 1.85 bits per heavy atom. The summed E-state index contributed by atoms with van der Waals surface area (Å²) < 4.78 is 18.0. The van der Waals surface area contributed by atoms with Gasteiger partial charge in [-0.3, -0.25) is 0 Å². The summed E-state index contributed by atoms with van der Waals surface area (Å²) >= 11 is 6.29. The van der Waals surface area contributed by atoms with Gasteiger partial charge >= 0.3 is 7.81 Å². The van der Waals surface area contributed by atoms with Crippen molar-refractivity contribution in [1.82, 2.24) is 4.75 Å². The number of rotatable bonds is 0. The minimum atomic E-state index is -1.76. The van der Waals surface area contributed by atoms with Crippen molar-refractivity contribution in [3.63, 3.8) is 0 Å². The third kappa shape index (κ3) is 3.51. The van der Waals surface area contributed by atoms with Crippen LogP contribution in [-0.4, -0.2) is 10.1 Å². The van der Waals surface area contributed by atoms with Crippen molar-refractivity contribution in [2.45, 2.75) is 24.6 Å². The van der Waals surface area contributed by atoms with Crippen LogP contribution in [0.5, 0.6) is 0 Å². The third-order valence-electron chi connectivity index (χ3n) is 4.76. The molecule has 1 aliphatic carbocycles. The minimum absolute atomic E-state index is 0.311. The first kappa shape index (κ1) is 17.2. The van der Waals surface area contributed by atoms with E-state index in [0.29, 0.717) is 5.38 Å². The van der Waals surface area contributed by atoms with Crippen LogP contribution in [0.2, 0.25) is 0 Å². The number of benzene rings is 3. The molecule has 5 heteroatoms. The van der Waals surface area contributed by atoms with E-state index >= 15 is 0 Å². The second-order valence-electron chi connectivity index (χ2n) is 6.36. The highest BCUT2D eigenvalue weighted by molar-refractivity contribution is 7.25. The Kier molecular flexibility index (Phi) is 5.01. The lowest BCUT2D eigenvalue weighted by Gasteiger charge is -2.22. The molecule has 0 spiro atoms. The first-order valence-electron chi connectivity index (χ1n) is 8.62. The molecule has 0 fully saturated rings. The van der Waals surface area contributed by atoms with Gasteiger partial charge in [0.2, 0.25) is 0 Å². The van der Waals surface area contributed by atoms with Crippen LogP contribution in [0.1, 0.15) is 17.5 Å². The van der Waals surface area contributed by atoms with Gasteiger partial charge in [-0.1, -0.05) is 48.5 Å². The molecule has 3 aromatic carbocycles. The smallest absolute Gasteiger partial charge is 0.242 e. The molecule has 0 saturated heterocycles. The van der Waals surface area contributed by atoms with Crippen LogP contribution in [0.4, 0.5) is 0 Å². The zero-order chi connectivity index (χ0) is 17.9. The Hall–Kier alpha value is -2.22. The Balaban J connectivity index is 0.000000204. The molecule has 4 aromatic rings. The fourth-order valence-electron chi connectivity index (χ4n) is 3.57. The van der Waals surface area contributed by atoms with Crippen LogP contribution in [0.3, 0.4) is 0 Å². The standard InChI is InChI=1S/C18H15Cl.C3H3NO2P/c19-14-7-10-16-13(11-14)6-9-17-15-4-2-1-3-12(15)5-8-18(16)17;5-7-4-2-1-3-6-7/h1-6,8-9,14H,7,10-11H2;1-3H/q;+1. The first-order valence-corrected chi connectivity index (χ1v) is 10.2. The zero-order valence-corrected chi connectivity index (χ0v) is 15.8. The van der Waals surface area contributed by atoms with Crippen LogP contribution in [0.15, 0.2) is 71.3 Å². The SMILES string of the molecule is ClC1CCc2c(ccc3c2ccc2ccccc23)C1.O=[p+]1nccco1. The number of halogens is 1. The summed E-state index contributed by atoms with van der Waals surface area (Å²) in [5, 5.41) is 5.78. The van der Waals surface area contributed by atoms with Gasteiger partial charge in [0, 0.05) is 20.8 Å². The van der Waals surface area contributed by atoms with E-state index in [1.54, 1.807) is 6.07 Å². The van der Waals surface area contributed by atoms with E-state index in [9.17, 15) is 4.57 Å². The molecule has 26 heavy (non-hydrogen) atoms. The maximum atomic E-state index is 10.1. The molecule has 1 aromatic heterocycles. The molecule has 0 aliphatic heterocycles. The maximum absolute atomic E-state index is 10.1. The molecule has 3 nitrogen and oxygen atoms in total. The Morgan fingerprint density at radius 3 is 2.62 bits per heavy atom. The van der Waals surface area contributed by atoms with Gasteiger partial charge in [-0.25, -0.2) is 4.20 Å². The highest BCUT2D eigenvalue weighted by Gasteiger charge is 2.18. The average Bonchev–Trinajstić information content (AvgIpc) is 2.68. The highest BCUT2D eigenvalue weighted by atomic mass is 35.5. The largest absolute Gasteiger partial charge is 0.720 e. The number of alkyl halides is 1. The van der Waals surface area contributed by atoms with Crippen LogP contribution in [0, 0.1) is 0 Å². The van der Waals surface area contributed by atoms with Crippen molar-refractivity contribution in [2.75, 3.05) is 0 Å². The van der Waals surface area contributed by atoms with Crippen molar-refractivity contribution in [3.8, 4) is 0 Å². The number of hydrogen-bond donors (Lipinski definition) is 0. The quantitative estimate of drug-likeness (QED) is 0.257. The van der Waals surface area contributed by atoms with Gasteiger partial charge in [-0.15, -0.1) is 11.6 Å². The first-order chi connectivity index (χ1) is 12.7. The van der Waals surface area contributed by atoms with Gasteiger partial charge in [-0.2, -0.15) is 0 Å². The number of aryl methyl sites for hydroxylation is 1. The van der Waals surface area contributed by atoms with Crippen molar-refractivity contribution in [1.29, 1.82) is 0 Å². The third-order valence-corrected chi connectivity index (χ3v) is 5.76. The van der Waals surface area contributed by atoms with E-state index in [1.807, 2.05) is 0 Å². The topological polar surface area (TPSA) is 43.1 Å². The monoisotopic (exact) mass is 382 g/mol. The molecular formula is C21H18ClNO2P+. The van der Waals surface area contributed by atoms with Gasteiger partial charge in [-0.05, 0) is 51.9 Å². The lowest BCUT2D eigenvalue weighted by molar-refractivity contribution is 0.541. The van der Waals surface area contributed by atoms with Crippen LogP contribution in [0.25, 0.3) is 21.5 Å². The number of hydrogen-bond acceptors (Lipinski definition) is 3. The van der Waals surface area contributed by atoms with E-state index in [1.165, 1.54) is 45.1 Å². The summed E-state index contributed by atoms with van der Waals surface area (Å²) in [6, 6.07) is 19.3. The van der Waals surface area contributed by atoms with Crippen LogP contribution in [-0.2, 0) is 17.4 Å². The fraction of sp³-hybridized carbons (Fsp3) is 0.190. The van der Waals surface area contributed by atoms with E-state index in [-0.39, 0.29) is 0 Å². The highest BCUT2D eigenvalue weighted by Crippen LogP contribution is 2.34. The lowest BCUT2D eigenvalue weighted by atomic mass is 9.86. The summed E-state index contributed by atoms with van der Waals surface area (Å²) in [7, 11) is -1.76. The predicted molar refractivity (Wildman–Crippen MR) is 107 cm³/mol. The number of fused-ring (bicyclic) bond motifs is 5. The van der Waals surface area contributed by atoms with E-state index in [0.717, 1.165) is 19.3 Å². The molecule has 0 N–H and O–H groups in total. The number of nitrogens with zero attached hydrogens (tertiary/aromatic N) is 1. The normalized spacial score (nSPS) is 16.7. The van der Waals surface area contributed by atoms with E-state index in [4.69, 9.17) is 11.6 Å². The summed E-state index contributed by atoms with van der Waals surface area (Å²) in [5.41, 5.74) is 2.95. The van der Waals surface area contributed by atoms with E-state index < -0.39 is 7.81 Å². The van der Waals surface area contributed by atoms with Crippen molar-refractivity contribution >= 4 is 41.0 Å². The van der Waals surface area contributed by atoms with Gasteiger partial charge in [0.25, 0.3) is 0 Å². The molecular weight excluding hydrogens is 365 g/mol. The summed E-state index contributed by atoms with van der Waals surface area (Å²) in [6.45, 7) is 0. The fourth-order valence-corrected chi connectivity index (χ4v) is 4.26. The second kappa shape index (κ2) is 7.57. The van der Waals surface area contributed by atoms with Crippen LogP contribution >= 0.6 is 19.4 Å². The van der Waals surface area contributed by atoms with Gasteiger partial charge in [0.15, 0.2) is 6.26 Å². The molecule has 0 saturated carbocycles. The molecule has 2 atom stereocenters. The van der Waals surface area contributed by atoms with Crippen molar-refractivity contribution in [2.24, 2.45) is 0 Å².